The quantitative estimate of drug-likeness (QED) is 0.0825. The first-order valence-electron chi connectivity index (χ1n) is 14.7. The van der Waals surface area contributed by atoms with E-state index in [4.69, 9.17) is 14.2 Å². The van der Waals surface area contributed by atoms with Gasteiger partial charge in [0.05, 0.1) is 30.5 Å². The summed E-state index contributed by atoms with van der Waals surface area (Å²) in [5, 5.41) is 11.7. The highest BCUT2D eigenvalue weighted by atomic mass is 32.1. The first-order valence-corrected chi connectivity index (χ1v) is 15.5. The summed E-state index contributed by atoms with van der Waals surface area (Å²) < 4.78 is 16.8. The number of aliphatic hydroxyl groups excluding tert-OH is 1. The molecule has 3 aromatic carbocycles. The first-order chi connectivity index (χ1) is 21.7. The van der Waals surface area contributed by atoms with E-state index in [0.717, 1.165) is 28.9 Å². The Bertz CT molecular complexity index is 1740. The third-order valence-corrected chi connectivity index (χ3v) is 8.32. The Balaban J connectivity index is 1.52. The molecular weight excluding hydrogens is 592 g/mol. The van der Waals surface area contributed by atoms with Crippen molar-refractivity contribution in [3.63, 3.8) is 0 Å². The molecule has 0 saturated carbocycles. The molecular formula is C35H34N2O7S. The maximum absolute atomic E-state index is 13.6. The zero-order chi connectivity index (χ0) is 32.1. The van der Waals surface area contributed by atoms with Crippen molar-refractivity contribution in [2.45, 2.75) is 46.8 Å². The van der Waals surface area contributed by atoms with Crippen LogP contribution in [0.15, 0.2) is 78.4 Å². The van der Waals surface area contributed by atoms with Crippen LogP contribution in [0.4, 0.5) is 5.13 Å². The van der Waals surface area contributed by atoms with Crippen molar-refractivity contribution in [1.82, 2.24) is 4.98 Å². The van der Waals surface area contributed by atoms with E-state index in [1.54, 1.807) is 62.4 Å². The normalized spacial score (nSPS) is 15.7. The maximum Gasteiger partial charge on any atom is 0.350 e. The van der Waals surface area contributed by atoms with Gasteiger partial charge in [0.15, 0.2) is 5.13 Å². The number of ether oxygens (including phenoxy) is 3. The molecule has 4 aromatic rings. The Hall–Kier alpha value is -4.96. The fourth-order valence-electron chi connectivity index (χ4n) is 5.02. The van der Waals surface area contributed by atoms with Gasteiger partial charge in [-0.15, -0.1) is 0 Å². The smallest absolute Gasteiger partial charge is 0.350 e. The van der Waals surface area contributed by atoms with Crippen LogP contribution in [0.1, 0.15) is 63.9 Å². The predicted octanol–water partition coefficient (Wildman–Crippen LogP) is 6.93. The lowest BCUT2D eigenvalue weighted by Gasteiger charge is -2.23. The SMILES string of the molecule is CCCOc1ccc(C2C(=C(O)c3ccc(OCc4cccc(C)c4)cc3)C(=O)C(=O)N2c2nc(C)c(C(=O)OCC)s2)cc1. The van der Waals surface area contributed by atoms with Gasteiger partial charge < -0.3 is 19.3 Å². The van der Waals surface area contributed by atoms with Crippen molar-refractivity contribution in [3.05, 3.63) is 111 Å². The van der Waals surface area contributed by atoms with Crippen LogP contribution >= 0.6 is 11.3 Å². The molecule has 0 spiro atoms. The maximum atomic E-state index is 13.6. The summed E-state index contributed by atoms with van der Waals surface area (Å²) in [6.07, 6.45) is 0.837. The second-order valence-corrected chi connectivity index (χ2v) is 11.5. The minimum atomic E-state index is -1.01. The molecule has 45 heavy (non-hydrogen) atoms. The molecule has 1 amide bonds. The van der Waals surface area contributed by atoms with Gasteiger partial charge in [-0.1, -0.05) is 60.2 Å². The molecule has 1 aromatic heterocycles. The number of carbonyl (C=O) groups excluding carboxylic acids is 3. The van der Waals surface area contributed by atoms with Crippen LogP contribution < -0.4 is 14.4 Å². The number of ketones is 1. The zero-order valence-corrected chi connectivity index (χ0v) is 26.3. The van der Waals surface area contributed by atoms with E-state index < -0.39 is 23.7 Å². The summed E-state index contributed by atoms with van der Waals surface area (Å²) in [4.78, 5) is 45.7. The van der Waals surface area contributed by atoms with Gasteiger partial charge in [0, 0.05) is 5.56 Å². The average Bonchev–Trinajstić information content (AvgIpc) is 3.55. The molecule has 5 rings (SSSR count). The molecule has 1 unspecified atom stereocenters. The predicted molar refractivity (Wildman–Crippen MR) is 172 cm³/mol. The molecule has 1 saturated heterocycles. The molecule has 10 heteroatoms. The number of thiazole rings is 1. The van der Waals surface area contributed by atoms with Gasteiger partial charge in [0.1, 0.15) is 28.7 Å². The molecule has 2 heterocycles. The van der Waals surface area contributed by atoms with Crippen LogP contribution in [-0.4, -0.2) is 41.0 Å². The van der Waals surface area contributed by atoms with E-state index in [1.807, 2.05) is 38.1 Å². The average molecular weight is 627 g/mol. The van der Waals surface area contributed by atoms with E-state index in [-0.39, 0.29) is 27.9 Å². The van der Waals surface area contributed by atoms with Crippen molar-refractivity contribution >= 4 is 39.9 Å². The van der Waals surface area contributed by atoms with E-state index in [1.165, 1.54) is 4.90 Å². The molecule has 1 N–H and O–H groups in total. The Kier molecular flexibility index (Phi) is 9.63. The van der Waals surface area contributed by atoms with Gasteiger partial charge >= 0.3 is 11.9 Å². The Morgan fingerprint density at radius 1 is 0.956 bits per heavy atom. The topological polar surface area (TPSA) is 115 Å². The van der Waals surface area contributed by atoms with Gasteiger partial charge in [0.2, 0.25) is 0 Å². The molecule has 9 nitrogen and oxygen atoms in total. The summed E-state index contributed by atoms with van der Waals surface area (Å²) in [6.45, 7) is 8.45. The van der Waals surface area contributed by atoms with Crippen LogP contribution in [-0.2, 0) is 20.9 Å². The van der Waals surface area contributed by atoms with Crippen LogP contribution in [0.2, 0.25) is 0 Å². The summed E-state index contributed by atoms with van der Waals surface area (Å²) in [6, 6.07) is 20.7. The van der Waals surface area contributed by atoms with E-state index >= 15 is 0 Å². The number of hydrogen-bond acceptors (Lipinski definition) is 9. The van der Waals surface area contributed by atoms with Crippen LogP contribution in [0, 0.1) is 13.8 Å². The fraction of sp³-hybridized carbons (Fsp3) is 0.257. The number of amides is 1. The van der Waals surface area contributed by atoms with Gasteiger partial charge in [-0.25, -0.2) is 9.78 Å². The van der Waals surface area contributed by atoms with Crippen molar-refractivity contribution in [2.75, 3.05) is 18.1 Å². The molecule has 0 bridgehead atoms. The molecule has 1 aliphatic heterocycles. The Morgan fingerprint density at radius 3 is 2.31 bits per heavy atom. The third-order valence-electron chi connectivity index (χ3n) is 7.18. The van der Waals surface area contributed by atoms with E-state index in [2.05, 4.69) is 4.98 Å². The second kappa shape index (κ2) is 13.8. The van der Waals surface area contributed by atoms with Gasteiger partial charge in [0.25, 0.3) is 5.78 Å². The molecule has 0 radical (unpaired) electrons. The lowest BCUT2D eigenvalue weighted by molar-refractivity contribution is -0.132. The molecule has 1 aliphatic rings. The number of aliphatic hydroxyl groups is 1. The lowest BCUT2D eigenvalue weighted by atomic mass is 9.95. The Labute approximate surface area is 265 Å². The number of nitrogens with zero attached hydrogens (tertiary/aromatic N) is 2. The largest absolute Gasteiger partial charge is 0.507 e. The number of anilines is 1. The Morgan fingerprint density at radius 2 is 1.64 bits per heavy atom. The van der Waals surface area contributed by atoms with Crippen LogP contribution in [0.5, 0.6) is 11.5 Å². The van der Waals surface area contributed by atoms with Crippen LogP contribution in [0.3, 0.4) is 0 Å². The number of benzene rings is 3. The van der Waals surface area contributed by atoms with Gasteiger partial charge in [-0.2, -0.15) is 0 Å². The number of hydrogen-bond donors (Lipinski definition) is 1. The van der Waals surface area contributed by atoms with Gasteiger partial charge in [-0.3, -0.25) is 14.5 Å². The van der Waals surface area contributed by atoms with E-state index in [9.17, 15) is 19.5 Å². The zero-order valence-electron chi connectivity index (χ0n) is 25.5. The molecule has 1 atom stereocenters. The van der Waals surface area contributed by atoms with Crippen LogP contribution in [0.25, 0.3) is 5.76 Å². The highest BCUT2D eigenvalue weighted by Crippen LogP contribution is 2.44. The fourth-order valence-corrected chi connectivity index (χ4v) is 6.00. The number of carbonyl (C=O) groups is 3. The number of aryl methyl sites for hydroxylation is 2. The summed E-state index contributed by atoms with van der Waals surface area (Å²) >= 11 is 0.961. The number of rotatable bonds is 11. The summed E-state index contributed by atoms with van der Waals surface area (Å²) in [5.74, 6) is -1.42. The minimum Gasteiger partial charge on any atom is -0.507 e. The number of aromatic nitrogens is 1. The third kappa shape index (κ3) is 6.76. The molecule has 0 aliphatic carbocycles. The highest BCUT2D eigenvalue weighted by Gasteiger charge is 2.48. The first kappa shape index (κ1) is 31.5. The highest BCUT2D eigenvalue weighted by molar-refractivity contribution is 7.17. The van der Waals surface area contributed by atoms with Crippen molar-refractivity contribution in [1.29, 1.82) is 0 Å². The minimum absolute atomic E-state index is 0.0961. The van der Waals surface area contributed by atoms with Crippen molar-refractivity contribution in [2.24, 2.45) is 0 Å². The van der Waals surface area contributed by atoms with Gasteiger partial charge in [-0.05, 0) is 74.7 Å². The second-order valence-electron chi connectivity index (χ2n) is 10.5. The van der Waals surface area contributed by atoms with E-state index in [0.29, 0.717) is 41.5 Å². The summed E-state index contributed by atoms with van der Waals surface area (Å²) in [5.41, 5.74) is 3.33. The number of esters is 1. The summed E-state index contributed by atoms with van der Waals surface area (Å²) in [7, 11) is 0. The number of Topliss-reactive ketones (excluding diaryl/α,β-unsaturated/α-hetero) is 1. The standard InChI is InChI=1S/C35H34N2O7S/c1-5-18-43-26-14-10-24(11-15-26)29-28(31(39)33(40)37(29)35-36-22(4)32(45-35)34(41)42-6-2)30(38)25-12-16-27(17-13-25)44-20-23-9-7-8-21(3)19-23/h7-17,19,29,38H,5-6,18,20H2,1-4H3. The van der Waals surface area contributed by atoms with Crippen molar-refractivity contribution in [3.8, 4) is 11.5 Å². The monoisotopic (exact) mass is 626 g/mol. The lowest BCUT2D eigenvalue weighted by Crippen LogP contribution is -2.29. The van der Waals surface area contributed by atoms with Crippen molar-refractivity contribution < 1.29 is 33.7 Å². The molecule has 232 valence electrons. The molecule has 1 fully saturated rings.